The molecule has 0 saturated heterocycles. The third-order valence-corrected chi connectivity index (χ3v) is 4.88. The monoisotopic (exact) mass is 354 g/mol. The molecule has 0 saturated carbocycles. The fourth-order valence-electron chi connectivity index (χ4n) is 2.64. The molecule has 0 aliphatic heterocycles. The van der Waals surface area contributed by atoms with Gasteiger partial charge in [0.1, 0.15) is 10.1 Å². The molecule has 3 nitrogen and oxygen atoms in total. The maximum atomic E-state index is 10.8. The molecule has 1 aromatic carbocycles. The van der Waals surface area contributed by atoms with E-state index in [0.717, 1.165) is 18.4 Å². The van der Waals surface area contributed by atoms with E-state index in [1.807, 2.05) is 0 Å². The molecule has 0 aromatic heterocycles. The van der Waals surface area contributed by atoms with Gasteiger partial charge < -0.3 is 4.55 Å². The molecule has 0 spiro atoms. The van der Waals surface area contributed by atoms with E-state index >= 15 is 0 Å². The summed E-state index contributed by atoms with van der Waals surface area (Å²) >= 11 is 0. The van der Waals surface area contributed by atoms with Crippen molar-refractivity contribution in [3.05, 3.63) is 29.8 Å². The predicted octanol–water partition coefficient (Wildman–Crippen LogP) is 2.06. The van der Waals surface area contributed by atoms with Crippen molar-refractivity contribution < 1.29 is 42.5 Å². The molecule has 0 bridgehead atoms. The van der Waals surface area contributed by atoms with Crippen LogP contribution in [0.4, 0.5) is 0 Å². The molecule has 0 aliphatic rings. The average molecular weight is 354 g/mol. The maximum Gasteiger partial charge on any atom is 1.00 e. The van der Waals surface area contributed by atoms with E-state index in [1.54, 1.807) is 12.1 Å². The van der Waals surface area contributed by atoms with Gasteiger partial charge in [0.2, 0.25) is 0 Å². The van der Waals surface area contributed by atoms with E-state index in [-0.39, 0.29) is 34.5 Å². The third-order valence-electron chi connectivity index (χ3n) is 4.03. The Hall–Kier alpha value is 0.130. The summed E-state index contributed by atoms with van der Waals surface area (Å²) in [6.07, 6.45) is 14.0. The van der Waals surface area contributed by atoms with Crippen molar-refractivity contribution in [1.82, 2.24) is 0 Å². The second kappa shape index (κ2) is 13.4. The topological polar surface area (TPSA) is 57.2 Å². The quantitative estimate of drug-likeness (QED) is 0.328. The van der Waals surface area contributed by atoms with Crippen molar-refractivity contribution in [3.8, 4) is 0 Å². The second-order valence-corrected chi connectivity index (χ2v) is 7.41. The first-order valence-corrected chi connectivity index (χ1v) is 9.99. The van der Waals surface area contributed by atoms with Crippen LogP contribution in [0.15, 0.2) is 29.2 Å². The number of rotatable bonds is 12. The zero-order valence-corrected chi connectivity index (χ0v) is 17.5. The number of hydrogen-bond donors (Lipinski definition) is 0. The first-order chi connectivity index (χ1) is 10.5. The van der Waals surface area contributed by atoms with Crippen LogP contribution in [-0.2, 0) is 16.5 Å². The van der Waals surface area contributed by atoms with Gasteiger partial charge in [0.05, 0.1) is 4.90 Å². The van der Waals surface area contributed by atoms with Gasteiger partial charge in [-0.3, -0.25) is 0 Å². The fourth-order valence-corrected chi connectivity index (χ4v) is 3.11. The van der Waals surface area contributed by atoms with Crippen LogP contribution in [0.2, 0.25) is 0 Å². The van der Waals surface area contributed by atoms with Crippen molar-refractivity contribution in [3.63, 3.8) is 0 Å². The van der Waals surface area contributed by atoms with Gasteiger partial charge in [0.15, 0.2) is 0 Å². The van der Waals surface area contributed by atoms with Crippen LogP contribution in [0.5, 0.6) is 0 Å². The Morgan fingerprint density at radius 2 is 1.22 bits per heavy atom. The summed E-state index contributed by atoms with van der Waals surface area (Å²) in [5, 5.41) is 0. The van der Waals surface area contributed by atoms with Gasteiger partial charge in [0.25, 0.3) is 0 Å². The smallest absolute Gasteiger partial charge is 0.744 e. The molecule has 1 aromatic rings. The molecule has 0 fully saturated rings. The zero-order valence-electron chi connectivity index (χ0n) is 14.7. The molecule has 0 aliphatic carbocycles. The van der Waals surface area contributed by atoms with Crippen molar-refractivity contribution in [1.29, 1.82) is 0 Å². The van der Waals surface area contributed by atoms with Gasteiger partial charge in [-0.05, 0) is 30.5 Å². The van der Waals surface area contributed by atoms with E-state index in [0.29, 0.717) is 0 Å². The molecule has 0 atom stereocenters. The Bertz CT molecular complexity index is 498. The van der Waals surface area contributed by atoms with Crippen LogP contribution < -0.4 is 29.6 Å². The summed E-state index contributed by atoms with van der Waals surface area (Å²) in [4.78, 5) is -0.140. The molecular formula is C18H29NaO3S. The van der Waals surface area contributed by atoms with Gasteiger partial charge in [0, 0.05) is 0 Å². The molecule has 0 unspecified atom stereocenters. The largest absolute Gasteiger partial charge is 1.00 e. The third kappa shape index (κ3) is 11.3. The molecule has 0 heterocycles. The van der Waals surface area contributed by atoms with Crippen LogP contribution in [0.25, 0.3) is 0 Å². The van der Waals surface area contributed by atoms with Crippen LogP contribution in [0.3, 0.4) is 0 Å². The van der Waals surface area contributed by atoms with Crippen LogP contribution in [0, 0.1) is 0 Å². The second-order valence-electron chi connectivity index (χ2n) is 6.03. The number of hydrogen-bond acceptors (Lipinski definition) is 3. The maximum absolute atomic E-state index is 10.8. The summed E-state index contributed by atoms with van der Waals surface area (Å²) in [6.45, 7) is 2.24. The molecular weight excluding hydrogens is 325 g/mol. The first kappa shape index (κ1) is 23.1. The Balaban J connectivity index is 0.00000484. The number of aryl methyl sites for hydroxylation is 1. The van der Waals surface area contributed by atoms with Gasteiger partial charge in [-0.2, -0.15) is 0 Å². The molecule has 1 rings (SSSR count). The Morgan fingerprint density at radius 3 is 1.65 bits per heavy atom. The summed E-state index contributed by atoms with van der Waals surface area (Å²) in [5.74, 6) is 0. The summed E-state index contributed by atoms with van der Waals surface area (Å²) in [6, 6.07) is 6.32. The summed E-state index contributed by atoms with van der Waals surface area (Å²) < 4.78 is 32.5. The van der Waals surface area contributed by atoms with Gasteiger partial charge >= 0.3 is 29.6 Å². The molecule has 23 heavy (non-hydrogen) atoms. The summed E-state index contributed by atoms with van der Waals surface area (Å²) in [7, 11) is -4.31. The Labute approximate surface area is 164 Å². The van der Waals surface area contributed by atoms with Crippen molar-refractivity contribution in [2.24, 2.45) is 0 Å². The van der Waals surface area contributed by atoms with E-state index < -0.39 is 10.1 Å². The standard InChI is InChI=1S/C18H30O3S.Na/c1-2-3-4-5-6-7-8-9-10-11-12-17-13-15-18(16-14-17)22(19,20)21;/h13-16H,2-12H2,1H3,(H,19,20,21);/q;+1/p-1/i13+1,14+1,15+1,16+1,17+1,18+1;. The molecule has 5 heteroatoms. The average Bonchev–Trinajstić information content (AvgIpc) is 2.49. The number of unbranched alkanes of at least 4 members (excludes halogenated alkanes) is 9. The van der Waals surface area contributed by atoms with Crippen molar-refractivity contribution >= 4 is 10.1 Å². The SMILES string of the molecule is CCCCCCCCCCCC[13c]1[13cH][13cH][13c](S(=O)(=O)[O-])[13cH][13cH]1.[Na+]. The van der Waals surface area contributed by atoms with E-state index in [4.69, 9.17) is 0 Å². The van der Waals surface area contributed by atoms with E-state index in [9.17, 15) is 13.0 Å². The Kier molecular flexibility index (Phi) is 13.5. The number of benzene rings is 1. The minimum atomic E-state index is -4.31. The fraction of sp³-hybridized carbons (Fsp3) is 0.667. The van der Waals surface area contributed by atoms with E-state index in [1.165, 1.54) is 69.9 Å². The van der Waals surface area contributed by atoms with Gasteiger partial charge in [-0.25, -0.2) is 8.42 Å². The van der Waals surface area contributed by atoms with Crippen LogP contribution in [-0.4, -0.2) is 13.0 Å². The molecule has 0 N–H and O–H groups in total. The first-order valence-electron chi connectivity index (χ1n) is 8.59. The zero-order chi connectivity index (χ0) is 16.3. The van der Waals surface area contributed by atoms with Gasteiger partial charge in [-0.15, -0.1) is 0 Å². The molecule has 126 valence electrons. The van der Waals surface area contributed by atoms with E-state index in [2.05, 4.69) is 6.92 Å². The van der Waals surface area contributed by atoms with Crippen LogP contribution >= 0.6 is 0 Å². The minimum Gasteiger partial charge on any atom is -0.744 e. The normalized spacial score (nSPS) is 11.2. The molecule has 0 radical (unpaired) electrons. The predicted molar refractivity (Wildman–Crippen MR) is 90.0 cm³/mol. The van der Waals surface area contributed by atoms with Gasteiger partial charge in [-0.1, -0.05) is 76.8 Å². The van der Waals surface area contributed by atoms with Crippen molar-refractivity contribution in [2.45, 2.75) is 82.4 Å². The minimum absolute atomic E-state index is 0. The van der Waals surface area contributed by atoms with Crippen molar-refractivity contribution in [2.75, 3.05) is 0 Å². The molecule has 0 amide bonds. The van der Waals surface area contributed by atoms with Crippen LogP contribution in [0.1, 0.15) is 76.7 Å². The summed E-state index contributed by atoms with van der Waals surface area (Å²) in [5.41, 5.74) is 1.10. The Morgan fingerprint density at radius 1 is 0.783 bits per heavy atom.